The van der Waals surface area contributed by atoms with Crippen LogP contribution < -0.4 is 10.4 Å². The van der Waals surface area contributed by atoms with E-state index in [0.717, 1.165) is 50.5 Å². The lowest BCUT2D eigenvalue weighted by atomic mass is 10.1. The quantitative estimate of drug-likeness (QED) is 0.212. The fourth-order valence-corrected chi connectivity index (χ4v) is 5.70. The fraction of sp³-hybridized carbons (Fsp3) is 0.444. The van der Waals surface area contributed by atoms with E-state index < -0.39 is 17.5 Å². The molecular formula is C27H33N7O5S. The number of carbonyl (C=O) groups is 2. The van der Waals surface area contributed by atoms with Gasteiger partial charge in [-0.3, -0.25) is 15.1 Å². The number of nitrogens with one attached hydrogen (secondary N) is 2. The summed E-state index contributed by atoms with van der Waals surface area (Å²) < 4.78 is 12.2. The topological polar surface area (TPSA) is 146 Å². The number of anilines is 1. The summed E-state index contributed by atoms with van der Waals surface area (Å²) in [5, 5.41) is 16.9. The number of thiophene rings is 1. The van der Waals surface area contributed by atoms with Gasteiger partial charge in [-0.1, -0.05) is 12.1 Å². The van der Waals surface area contributed by atoms with Crippen LogP contribution in [0.5, 0.6) is 0 Å². The van der Waals surface area contributed by atoms with Crippen LogP contribution in [-0.2, 0) is 20.9 Å². The van der Waals surface area contributed by atoms with Gasteiger partial charge in [0.15, 0.2) is 11.6 Å². The number of benzene rings is 1. The van der Waals surface area contributed by atoms with Crippen molar-refractivity contribution in [1.29, 1.82) is 0 Å². The molecule has 0 spiro atoms. The van der Waals surface area contributed by atoms with Crippen LogP contribution in [0.1, 0.15) is 38.5 Å². The number of nitrogens with zero attached hydrogens (tertiary/aromatic N) is 5. The van der Waals surface area contributed by atoms with Gasteiger partial charge in [-0.25, -0.2) is 20.2 Å². The molecule has 1 saturated heterocycles. The molecule has 12 nitrogen and oxygen atoms in total. The maximum Gasteiger partial charge on any atom is 0.410 e. The second kappa shape index (κ2) is 11.7. The van der Waals surface area contributed by atoms with Crippen molar-refractivity contribution in [1.82, 2.24) is 30.5 Å². The molecule has 3 N–H and O–H groups in total. The van der Waals surface area contributed by atoms with E-state index in [-0.39, 0.29) is 13.0 Å². The highest BCUT2D eigenvalue weighted by atomic mass is 32.1. The van der Waals surface area contributed by atoms with E-state index in [1.54, 1.807) is 16.6 Å². The van der Waals surface area contributed by atoms with Gasteiger partial charge in [0, 0.05) is 47.4 Å². The third-order valence-corrected chi connectivity index (χ3v) is 7.81. The number of ether oxygens (including phenoxy) is 2. The molecule has 4 heterocycles. The minimum atomic E-state index is -0.509. The van der Waals surface area contributed by atoms with Crippen LogP contribution in [-0.4, -0.2) is 80.7 Å². The molecule has 2 amide bonds. The van der Waals surface area contributed by atoms with E-state index in [2.05, 4.69) is 15.1 Å². The van der Waals surface area contributed by atoms with Gasteiger partial charge in [-0.15, -0.1) is 11.3 Å². The Bertz CT molecular complexity index is 1510. The number of hydrogen-bond acceptors (Lipinski definition) is 10. The Hall–Kier alpha value is -3.81. The Balaban J connectivity index is 1.41. The van der Waals surface area contributed by atoms with Gasteiger partial charge < -0.3 is 19.3 Å². The van der Waals surface area contributed by atoms with Gasteiger partial charge in [0.2, 0.25) is 5.91 Å². The first-order valence-electron chi connectivity index (χ1n) is 13.2. The third kappa shape index (κ3) is 6.01. The minimum absolute atomic E-state index is 0.0821. The Labute approximate surface area is 235 Å². The Morgan fingerprint density at radius 1 is 1.25 bits per heavy atom. The first-order valence-corrected chi connectivity index (χ1v) is 14.0. The van der Waals surface area contributed by atoms with E-state index in [1.807, 2.05) is 45.0 Å². The summed E-state index contributed by atoms with van der Waals surface area (Å²) in [7, 11) is 0. The van der Waals surface area contributed by atoms with Gasteiger partial charge >= 0.3 is 6.09 Å². The molecule has 5 rings (SSSR count). The molecule has 0 unspecified atom stereocenters. The molecule has 1 fully saturated rings. The molecule has 1 aliphatic heterocycles. The summed E-state index contributed by atoms with van der Waals surface area (Å²) in [6.07, 6.45) is 1.81. The van der Waals surface area contributed by atoms with Crippen molar-refractivity contribution in [2.75, 3.05) is 37.7 Å². The summed E-state index contributed by atoms with van der Waals surface area (Å²) in [5.74, 6) is 0.950. The predicted molar refractivity (Wildman–Crippen MR) is 151 cm³/mol. The minimum Gasteiger partial charge on any atom is -0.444 e. The number of aromatic amines is 1. The van der Waals surface area contributed by atoms with Crippen molar-refractivity contribution < 1.29 is 24.3 Å². The van der Waals surface area contributed by atoms with E-state index in [4.69, 9.17) is 24.6 Å². The Kier molecular flexibility index (Phi) is 8.14. The summed E-state index contributed by atoms with van der Waals surface area (Å²) in [5.41, 5.74) is 3.69. The molecule has 0 aliphatic carbocycles. The van der Waals surface area contributed by atoms with Crippen molar-refractivity contribution in [2.24, 2.45) is 0 Å². The van der Waals surface area contributed by atoms with Gasteiger partial charge in [0.25, 0.3) is 0 Å². The second-order valence-electron chi connectivity index (χ2n) is 10.5. The zero-order chi connectivity index (χ0) is 28.3. The normalized spacial score (nSPS) is 14.1. The number of rotatable bonds is 8. The lowest BCUT2D eigenvalue weighted by Gasteiger charge is -2.34. The maximum absolute atomic E-state index is 13.1. The molecule has 0 radical (unpaired) electrons. The molecule has 40 heavy (non-hydrogen) atoms. The summed E-state index contributed by atoms with van der Waals surface area (Å²) in [6, 6.07) is 7.85. The standard InChI is InChI=1S/C27H33N7O5S/c1-27(2,3)34(9-5-8-22(35)32-37)26(36)39-16-17-14-21-23(40-17)25(33-10-12-38-13-11-33)30-24(29-21)18-6-4-7-20-19(18)15-28-31-20/h4,6-7,14-15,37H,5,8-13,16H2,1-3H3,(H,28,31)(H,32,35). The summed E-state index contributed by atoms with van der Waals surface area (Å²) >= 11 is 1.51. The fourth-order valence-electron chi connectivity index (χ4n) is 4.67. The number of hydrogen-bond donors (Lipinski definition) is 3. The highest BCUT2D eigenvalue weighted by Gasteiger charge is 2.28. The largest absolute Gasteiger partial charge is 0.444 e. The number of hydroxylamine groups is 1. The number of aromatic nitrogens is 4. The smallest absolute Gasteiger partial charge is 0.410 e. The van der Waals surface area contributed by atoms with E-state index in [9.17, 15) is 9.59 Å². The van der Waals surface area contributed by atoms with E-state index in [0.29, 0.717) is 32.0 Å². The van der Waals surface area contributed by atoms with Crippen molar-refractivity contribution in [2.45, 2.75) is 45.8 Å². The molecule has 1 aromatic carbocycles. The predicted octanol–water partition coefficient (Wildman–Crippen LogP) is 4.09. The van der Waals surface area contributed by atoms with Crippen molar-refractivity contribution >= 4 is 50.3 Å². The van der Waals surface area contributed by atoms with Crippen molar-refractivity contribution in [3.63, 3.8) is 0 Å². The average Bonchev–Trinajstić information content (AvgIpc) is 3.60. The zero-order valence-electron chi connectivity index (χ0n) is 22.8. The number of fused-ring (bicyclic) bond motifs is 2. The molecule has 0 bridgehead atoms. The number of amides is 2. The highest BCUT2D eigenvalue weighted by molar-refractivity contribution is 7.19. The zero-order valence-corrected chi connectivity index (χ0v) is 23.6. The number of carbonyl (C=O) groups excluding carboxylic acids is 2. The Morgan fingerprint density at radius 2 is 2.05 bits per heavy atom. The summed E-state index contributed by atoms with van der Waals surface area (Å²) in [6.45, 7) is 8.81. The molecule has 0 atom stereocenters. The second-order valence-corrected chi connectivity index (χ2v) is 11.7. The van der Waals surface area contributed by atoms with Crippen LogP contribution in [0.3, 0.4) is 0 Å². The van der Waals surface area contributed by atoms with E-state index in [1.165, 1.54) is 11.3 Å². The van der Waals surface area contributed by atoms with Crippen LogP contribution in [0.2, 0.25) is 0 Å². The lowest BCUT2D eigenvalue weighted by molar-refractivity contribution is -0.129. The third-order valence-electron chi connectivity index (χ3n) is 6.72. The maximum atomic E-state index is 13.1. The van der Waals surface area contributed by atoms with Crippen LogP contribution in [0.15, 0.2) is 30.5 Å². The van der Waals surface area contributed by atoms with Gasteiger partial charge in [0.05, 0.1) is 35.1 Å². The monoisotopic (exact) mass is 567 g/mol. The summed E-state index contributed by atoms with van der Waals surface area (Å²) in [4.78, 5) is 39.0. The highest BCUT2D eigenvalue weighted by Crippen LogP contribution is 2.36. The molecular weight excluding hydrogens is 534 g/mol. The number of H-pyrrole nitrogens is 1. The van der Waals surface area contributed by atoms with Crippen LogP contribution in [0.25, 0.3) is 32.5 Å². The van der Waals surface area contributed by atoms with Gasteiger partial charge in [-0.05, 0) is 39.3 Å². The van der Waals surface area contributed by atoms with Crippen LogP contribution in [0.4, 0.5) is 10.6 Å². The molecule has 1 aliphatic rings. The lowest BCUT2D eigenvalue weighted by Crippen LogP contribution is -2.46. The van der Waals surface area contributed by atoms with Gasteiger partial charge in [-0.2, -0.15) is 5.10 Å². The SMILES string of the molecule is CC(C)(C)N(CCCC(=O)NO)C(=O)OCc1cc2nc(-c3cccc4[nH]ncc34)nc(N3CCOCC3)c2s1. The van der Waals surface area contributed by atoms with E-state index >= 15 is 0 Å². The molecule has 13 heteroatoms. The molecule has 4 aromatic rings. The van der Waals surface area contributed by atoms with Crippen molar-refractivity contribution in [3.05, 3.63) is 35.3 Å². The molecule has 0 saturated carbocycles. The van der Waals surface area contributed by atoms with Crippen LogP contribution >= 0.6 is 11.3 Å². The molecule has 212 valence electrons. The van der Waals surface area contributed by atoms with Crippen LogP contribution in [0, 0.1) is 0 Å². The average molecular weight is 568 g/mol. The Morgan fingerprint density at radius 3 is 2.80 bits per heavy atom. The molecule has 3 aromatic heterocycles. The number of morpholine rings is 1. The van der Waals surface area contributed by atoms with Gasteiger partial charge in [0.1, 0.15) is 6.61 Å². The van der Waals surface area contributed by atoms with Crippen molar-refractivity contribution in [3.8, 4) is 11.4 Å². The first kappa shape index (κ1) is 27.7. The first-order chi connectivity index (χ1) is 19.2.